The normalized spacial score (nSPS) is 10.5. The minimum atomic E-state index is -0.845. The maximum Gasteiger partial charge on any atom is 0.365 e. The Balaban J connectivity index is 2.51. The van der Waals surface area contributed by atoms with Gasteiger partial charge in [0.25, 0.3) is 0 Å². The molecule has 70 valence electrons. The minimum Gasteiger partial charge on any atom is -0.525 e. The molecule has 2 nitrogen and oxygen atoms in total. The Bertz CT molecular complexity index is 273. The van der Waals surface area contributed by atoms with Crippen molar-refractivity contribution in [1.29, 1.82) is 0 Å². The van der Waals surface area contributed by atoms with Crippen LogP contribution in [0, 0.1) is 0 Å². The summed E-state index contributed by atoms with van der Waals surface area (Å²) >= 11 is 0. The minimum absolute atomic E-state index is 0.730. The van der Waals surface area contributed by atoms with E-state index in [0.717, 1.165) is 17.9 Å². The van der Waals surface area contributed by atoms with Gasteiger partial charge in [-0.25, -0.2) is 0 Å². The Morgan fingerprint density at radius 2 is 2.38 bits per heavy atom. The first-order valence-electron chi connectivity index (χ1n) is 4.30. The molecule has 0 spiro atoms. The van der Waals surface area contributed by atoms with Gasteiger partial charge in [-0.1, -0.05) is 24.8 Å². The fourth-order valence-corrected chi connectivity index (χ4v) is 1.49. The van der Waals surface area contributed by atoms with E-state index in [1.54, 1.807) is 6.08 Å². The zero-order chi connectivity index (χ0) is 9.52. The van der Waals surface area contributed by atoms with Crippen molar-refractivity contribution in [3.8, 4) is 5.75 Å². The van der Waals surface area contributed by atoms with Crippen molar-refractivity contribution in [1.82, 2.24) is 0 Å². The van der Waals surface area contributed by atoms with Crippen molar-refractivity contribution < 1.29 is 8.85 Å². The highest BCUT2D eigenvalue weighted by molar-refractivity contribution is 6.19. The highest BCUT2D eigenvalue weighted by Gasteiger charge is 1.93. The maximum absolute atomic E-state index is 5.46. The fraction of sp³-hybridized carbons (Fsp3) is 0.200. The van der Waals surface area contributed by atoms with Crippen molar-refractivity contribution >= 4 is 16.1 Å². The van der Waals surface area contributed by atoms with Gasteiger partial charge < -0.3 is 8.85 Å². The summed E-state index contributed by atoms with van der Waals surface area (Å²) in [6.45, 7) is 6.39. The zero-order valence-electron chi connectivity index (χ0n) is 7.82. The van der Waals surface area contributed by atoms with E-state index in [2.05, 4.69) is 6.58 Å². The van der Waals surface area contributed by atoms with Gasteiger partial charge in [0.1, 0.15) is 5.75 Å². The Kier molecular flexibility index (Phi) is 4.29. The average Bonchev–Trinajstić information content (AvgIpc) is 2.19. The lowest BCUT2D eigenvalue weighted by Gasteiger charge is -2.05. The lowest BCUT2D eigenvalue weighted by atomic mass is 10.2. The molecule has 0 aliphatic carbocycles. The van der Waals surface area contributed by atoms with Gasteiger partial charge in [0, 0.05) is 6.61 Å². The van der Waals surface area contributed by atoms with Crippen LogP contribution in [0.3, 0.4) is 0 Å². The Morgan fingerprint density at radius 1 is 1.54 bits per heavy atom. The molecule has 0 atom stereocenters. The lowest BCUT2D eigenvalue weighted by Crippen LogP contribution is -2.06. The molecule has 1 aromatic carbocycles. The SMILES string of the molecule is C=Cc1cccc(O[SiH2]OCC)c1. The number of benzene rings is 1. The molecule has 0 heterocycles. The van der Waals surface area contributed by atoms with Gasteiger partial charge in [-0.05, 0) is 24.6 Å². The molecule has 0 aliphatic heterocycles. The fourth-order valence-electron chi connectivity index (χ4n) is 0.924. The van der Waals surface area contributed by atoms with E-state index in [9.17, 15) is 0 Å². The molecule has 13 heavy (non-hydrogen) atoms. The third kappa shape index (κ3) is 3.44. The monoisotopic (exact) mass is 194 g/mol. The molecular formula is C10H14O2Si. The largest absolute Gasteiger partial charge is 0.525 e. The molecule has 0 saturated carbocycles. The summed E-state index contributed by atoms with van der Waals surface area (Å²) in [4.78, 5) is 0. The predicted molar refractivity (Wildman–Crippen MR) is 57.3 cm³/mol. The van der Waals surface area contributed by atoms with Crippen molar-refractivity contribution in [3.63, 3.8) is 0 Å². The van der Waals surface area contributed by atoms with Crippen LogP contribution in [-0.4, -0.2) is 16.6 Å². The van der Waals surface area contributed by atoms with Crippen LogP contribution in [0.5, 0.6) is 5.75 Å². The van der Waals surface area contributed by atoms with Crippen LogP contribution >= 0.6 is 0 Å². The third-order valence-electron chi connectivity index (χ3n) is 1.61. The summed E-state index contributed by atoms with van der Waals surface area (Å²) in [5.74, 6) is 0.873. The van der Waals surface area contributed by atoms with E-state index in [0.29, 0.717) is 0 Å². The molecule has 0 aromatic heterocycles. The van der Waals surface area contributed by atoms with Crippen molar-refractivity contribution in [2.24, 2.45) is 0 Å². The standard InChI is InChI=1S/C10H14O2Si/c1-3-9-6-5-7-10(8-9)12-13-11-4-2/h3,5-8H,1,4,13H2,2H3. The van der Waals surface area contributed by atoms with E-state index in [1.807, 2.05) is 31.2 Å². The molecule has 0 bridgehead atoms. The van der Waals surface area contributed by atoms with Gasteiger partial charge in [0.05, 0.1) is 0 Å². The summed E-state index contributed by atoms with van der Waals surface area (Å²) in [7, 11) is -0.845. The molecule has 0 fully saturated rings. The van der Waals surface area contributed by atoms with E-state index >= 15 is 0 Å². The second-order valence-electron chi connectivity index (χ2n) is 2.53. The molecular weight excluding hydrogens is 180 g/mol. The first-order valence-corrected chi connectivity index (χ1v) is 5.45. The highest BCUT2D eigenvalue weighted by Crippen LogP contribution is 2.13. The summed E-state index contributed by atoms with van der Waals surface area (Å²) in [5.41, 5.74) is 1.07. The van der Waals surface area contributed by atoms with Crippen LogP contribution in [0.15, 0.2) is 30.8 Å². The number of hydrogen-bond donors (Lipinski definition) is 0. The Morgan fingerprint density at radius 3 is 3.08 bits per heavy atom. The Labute approximate surface area is 81.2 Å². The predicted octanol–water partition coefficient (Wildman–Crippen LogP) is 1.74. The van der Waals surface area contributed by atoms with E-state index in [1.165, 1.54) is 0 Å². The van der Waals surface area contributed by atoms with Crippen molar-refractivity contribution in [2.45, 2.75) is 6.92 Å². The summed E-state index contributed by atoms with van der Waals surface area (Å²) in [6.07, 6.45) is 1.80. The van der Waals surface area contributed by atoms with Crippen molar-refractivity contribution in [2.75, 3.05) is 6.61 Å². The van der Waals surface area contributed by atoms with E-state index in [-0.39, 0.29) is 0 Å². The quantitative estimate of drug-likeness (QED) is 0.525. The first kappa shape index (κ1) is 10.0. The van der Waals surface area contributed by atoms with Gasteiger partial charge in [0.15, 0.2) is 0 Å². The molecule has 3 heteroatoms. The maximum atomic E-state index is 5.46. The second-order valence-corrected chi connectivity index (χ2v) is 3.46. The van der Waals surface area contributed by atoms with Crippen LogP contribution in [0.25, 0.3) is 6.08 Å². The summed E-state index contributed by atoms with van der Waals surface area (Å²) in [6, 6.07) is 7.83. The zero-order valence-corrected chi connectivity index (χ0v) is 9.24. The summed E-state index contributed by atoms with van der Waals surface area (Å²) in [5, 5.41) is 0. The highest BCUT2D eigenvalue weighted by atomic mass is 28.3. The molecule has 0 saturated heterocycles. The molecule has 0 unspecified atom stereocenters. The van der Waals surface area contributed by atoms with Gasteiger partial charge in [-0.15, -0.1) is 0 Å². The first-order chi connectivity index (χ1) is 6.36. The van der Waals surface area contributed by atoms with Crippen LogP contribution in [0.4, 0.5) is 0 Å². The van der Waals surface area contributed by atoms with Crippen LogP contribution in [0.2, 0.25) is 0 Å². The Hall–Kier alpha value is -1.06. The van der Waals surface area contributed by atoms with E-state index < -0.39 is 10.0 Å². The van der Waals surface area contributed by atoms with Gasteiger partial charge in [0.2, 0.25) is 0 Å². The molecule has 0 N–H and O–H groups in total. The lowest BCUT2D eigenvalue weighted by molar-refractivity contribution is 0.308. The number of rotatable bonds is 5. The van der Waals surface area contributed by atoms with Crippen LogP contribution in [-0.2, 0) is 4.43 Å². The smallest absolute Gasteiger partial charge is 0.365 e. The van der Waals surface area contributed by atoms with Crippen LogP contribution < -0.4 is 4.43 Å². The molecule has 1 rings (SSSR count). The molecule has 0 amide bonds. The topological polar surface area (TPSA) is 18.5 Å². The average molecular weight is 194 g/mol. The number of hydrogen-bond acceptors (Lipinski definition) is 2. The molecule has 0 radical (unpaired) electrons. The van der Waals surface area contributed by atoms with Gasteiger partial charge in [-0.3, -0.25) is 0 Å². The molecule has 1 aromatic rings. The molecule has 0 aliphatic rings. The second kappa shape index (κ2) is 5.56. The van der Waals surface area contributed by atoms with Gasteiger partial charge in [-0.2, -0.15) is 0 Å². The van der Waals surface area contributed by atoms with E-state index in [4.69, 9.17) is 8.85 Å². The van der Waals surface area contributed by atoms with Crippen LogP contribution in [0.1, 0.15) is 12.5 Å². The summed E-state index contributed by atoms with van der Waals surface area (Å²) < 4.78 is 10.7. The third-order valence-corrected chi connectivity index (χ3v) is 2.63. The van der Waals surface area contributed by atoms with Crippen molar-refractivity contribution in [3.05, 3.63) is 36.4 Å². The van der Waals surface area contributed by atoms with Gasteiger partial charge >= 0.3 is 10.0 Å².